The van der Waals surface area contributed by atoms with Crippen LogP contribution in [0.4, 0.5) is 18.3 Å². The van der Waals surface area contributed by atoms with Crippen LogP contribution in [-0.4, -0.2) is 51.8 Å². The highest BCUT2D eigenvalue weighted by Gasteiger charge is 2.41. The molecule has 152 valence electrons. The molecular weight excluding hydrogens is 427 g/mol. The van der Waals surface area contributed by atoms with Crippen molar-refractivity contribution in [2.24, 2.45) is 0 Å². The number of rotatable bonds is 3. The zero-order valence-electron chi connectivity index (χ0n) is 14.9. The van der Waals surface area contributed by atoms with E-state index in [1.165, 1.54) is 40.5 Å². The summed E-state index contributed by atoms with van der Waals surface area (Å²) in [6.45, 7) is 1.63. The molecule has 2 aromatic heterocycles. The molecule has 1 saturated heterocycles. The zero-order chi connectivity index (χ0) is 20.6. The fourth-order valence-electron chi connectivity index (χ4n) is 3.20. The Kier molecular flexibility index (Phi) is 5.22. The first-order chi connectivity index (χ1) is 13.8. The van der Waals surface area contributed by atoms with Crippen LogP contribution in [-0.2, 0) is 6.18 Å². The lowest BCUT2D eigenvalue weighted by Crippen LogP contribution is -2.49. The van der Waals surface area contributed by atoms with Crippen LogP contribution in [0.25, 0.3) is 5.69 Å². The van der Waals surface area contributed by atoms with Crippen molar-refractivity contribution in [3.8, 4) is 5.69 Å². The third-order valence-corrected chi connectivity index (χ3v) is 5.68. The van der Waals surface area contributed by atoms with E-state index >= 15 is 0 Å². The first-order valence-electron chi connectivity index (χ1n) is 8.69. The molecule has 0 spiro atoms. The van der Waals surface area contributed by atoms with E-state index in [1.807, 2.05) is 10.3 Å². The molecule has 4 rings (SSSR count). The zero-order valence-corrected chi connectivity index (χ0v) is 16.5. The van der Waals surface area contributed by atoms with Gasteiger partial charge in [0, 0.05) is 42.8 Å². The van der Waals surface area contributed by atoms with E-state index in [0.717, 1.165) is 16.0 Å². The number of amides is 1. The number of thiazole rings is 1. The monoisotopic (exact) mass is 441 g/mol. The molecule has 1 amide bonds. The van der Waals surface area contributed by atoms with Gasteiger partial charge in [0.05, 0.1) is 17.4 Å². The molecule has 0 atom stereocenters. The van der Waals surface area contributed by atoms with Crippen LogP contribution in [0.15, 0.2) is 42.0 Å². The van der Waals surface area contributed by atoms with Crippen LogP contribution in [0.3, 0.4) is 0 Å². The van der Waals surface area contributed by atoms with Crippen molar-refractivity contribution in [3.63, 3.8) is 0 Å². The lowest BCUT2D eigenvalue weighted by Gasteiger charge is -2.34. The van der Waals surface area contributed by atoms with Crippen LogP contribution >= 0.6 is 22.9 Å². The molecule has 6 nitrogen and oxygen atoms in total. The maximum Gasteiger partial charge on any atom is 0.434 e. The Morgan fingerprint density at radius 3 is 2.38 bits per heavy atom. The minimum absolute atomic E-state index is 0.175. The molecule has 1 aliphatic heterocycles. The molecule has 0 aliphatic carbocycles. The van der Waals surface area contributed by atoms with Crippen LogP contribution in [0.5, 0.6) is 0 Å². The number of aromatic nitrogens is 3. The highest BCUT2D eigenvalue weighted by Crippen LogP contribution is 2.34. The second-order valence-electron chi connectivity index (χ2n) is 6.39. The van der Waals surface area contributed by atoms with Crippen molar-refractivity contribution in [1.29, 1.82) is 0 Å². The summed E-state index contributed by atoms with van der Waals surface area (Å²) >= 11 is 7.30. The summed E-state index contributed by atoms with van der Waals surface area (Å²) in [5.41, 5.74) is -1.38. The average molecular weight is 442 g/mol. The first kappa shape index (κ1) is 19.7. The topological polar surface area (TPSA) is 54.3 Å². The van der Waals surface area contributed by atoms with E-state index in [1.54, 1.807) is 6.20 Å². The van der Waals surface area contributed by atoms with Crippen LogP contribution in [0, 0.1) is 0 Å². The van der Waals surface area contributed by atoms with Gasteiger partial charge < -0.3 is 9.80 Å². The van der Waals surface area contributed by atoms with E-state index in [-0.39, 0.29) is 5.69 Å². The summed E-state index contributed by atoms with van der Waals surface area (Å²) in [6, 6.07) is 5.79. The van der Waals surface area contributed by atoms with Gasteiger partial charge in [-0.1, -0.05) is 11.6 Å². The molecule has 1 fully saturated rings. The van der Waals surface area contributed by atoms with Gasteiger partial charge in [0.15, 0.2) is 10.8 Å². The number of hydrogen-bond acceptors (Lipinski definition) is 5. The standard InChI is InChI=1S/C18H15ClF3N5OS/c19-12-1-3-13(4-2-12)27-15(18(20,21)22)14(11-24-27)16(28)25-6-8-26(9-7-25)17-23-5-10-29-17/h1-5,10-11H,6-9H2. The highest BCUT2D eigenvalue weighted by molar-refractivity contribution is 7.13. The predicted molar refractivity (Wildman–Crippen MR) is 104 cm³/mol. The smallest absolute Gasteiger partial charge is 0.345 e. The molecule has 29 heavy (non-hydrogen) atoms. The molecule has 3 heterocycles. The Hall–Kier alpha value is -2.59. The molecule has 1 aliphatic rings. The summed E-state index contributed by atoms with van der Waals surface area (Å²) < 4.78 is 42.2. The SMILES string of the molecule is O=C(c1cnn(-c2ccc(Cl)cc2)c1C(F)(F)F)N1CCN(c2nccs2)CC1. The number of anilines is 1. The van der Waals surface area contributed by atoms with Crippen molar-refractivity contribution < 1.29 is 18.0 Å². The summed E-state index contributed by atoms with van der Waals surface area (Å²) in [7, 11) is 0. The fraction of sp³-hybridized carbons (Fsp3) is 0.278. The molecular formula is C18H15ClF3N5OS. The average Bonchev–Trinajstić information content (AvgIpc) is 3.38. The van der Waals surface area contributed by atoms with Crippen molar-refractivity contribution in [3.05, 3.63) is 58.3 Å². The maximum atomic E-state index is 13.8. The second-order valence-corrected chi connectivity index (χ2v) is 7.70. The van der Waals surface area contributed by atoms with Crippen LogP contribution in [0.2, 0.25) is 5.02 Å². The summed E-state index contributed by atoms with van der Waals surface area (Å²) in [4.78, 5) is 20.5. The van der Waals surface area contributed by atoms with Crippen LogP contribution < -0.4 is 4.90 Å². The van der Waals surface area contributed by atoms with Gasteiger partial charge in [0.2, 0.25) is 0 Å². The van der Waals surface area contributed by atoms with E-state index in [0.29, 0.717) is 31.2 Å². The second kappa shape index (κ2) is 7.68. The van der Waals surface area contributed by atoms with Crippen molar-refractivity contribution in [1.82, 2.24) is 19.7 Å². The van der Waals surface area contributed by atoms with Crippen molar-refractivity contribution in [2.75, 3.05) is 31.1 Å². The largest absolute Gasteiger partial charge is 0.434 e. The van der Waals surface area contributed by atoms with Gasteiger partial charge in [0.25, 0.3) is 5.91 Å². The van der Waals surface area contributed by atoms with Gasteiger partial charge in [-0.15, -0.1) is 11.3 Å². The molecule has 0 radical (unpaired) electrons. The van der Waals surface area contributed by atoms with Gasteiger partial charge in [-0.2, -0.15) is 18.3 Å². The number of hydrogen-bond donors (Lipinski definition) is 0. The molecule has 0 unspecified atom stereocenters. The Morgan fingerprint density at radius 1 is 1.10 bits per heavy atom. The van der Waals surface area contributed by atoms with Crippen molar-refractivity contribution >= 4 is 34.0 Å². The maximum absolute atomic E-state index is 13.8. The number of carbonyl (C=O) groups is 1. The van der Waals surface area contributed by atoms with Gasteiger partial charge in [-0.05, 0) is 24.3 Å². The molecule has 1 aromatic carbocycles. The quantitative estimate of drug-likeness (QED) is 0.617. The number of piperazine rings is 1. The van der Waals surface area contributed by atoms with Gasteiger partial charge >= 0.3 is 6.18 Å². The lowest BCUT2D eigenvalue weighted by atomic mass is 10.2. The Balaban J connectivity index is 1.60. The number of alkyl halides is 3. The number of halogens is 4. The first-order valence-corrected chi connectivity index (χ1v) is 9.95. The molecule has 0 bridgehead atoms. The molecule has 3 aromatic rings. The Labute approximate surface area is 173 Å². The molecule has 0 N–H and O–H groups in total. The van der Waals surface area contributed by atoms with E-state index in [9.17, 15) is 18.0 Å². The van der Waals surface area contributed by atoms with E-state index < -0.39 is 23.3 Å². The van der Waals surface area contributed by atoms with Gasteiger partial charge in [0.1, 0.15) is 0 Å². The molecule has 0 saturated carbocycles. The van der Waals surface area contributed by atoms with Crippen molar-refractivity contribution in [2.45, 2.75) is 6.18 Å². The number of carbonyl (C=O) groups excluding carboxylic acids is 1. The third-order valence-electron chi connectivity index (χ3n) is 4.60. The Bertz CT molecular complexity index is 996. The number of benzene rings is 1. The van der Waals surface area contributed by atoms with Crippen LogP contribution in [0.1, 0.15) is 16.1 Å². The molecule has 11 heteroatoms. The van der Waals surface area contributed by atoms with E-state index in [4.69, 9.17) is 11.6 Å². The van der Waals surface area contributed by atoms with E-state index in [2.05, 4.69) is 10.1 Å². The van der Waals surface area contributed by atoms with Gasteiger partial charge in [-0.3, -0.25) is 4.79 Å². The Morgan fingerprint density at radius 2 is 1.79 bits per heavy atom. The fourth-order valence-corrected chi connectivity index (χ4v) is 4.02. The summed E-state index contributed by atoms with van der Waals surface area (Å²) in [6.07, 6.45) is -2.07. The summed E-state index contributed by atoms with van der Waals surface area (Å²) in [5, 5.41) is 6.93. The predicted octanol–water partition coefficient (Wildman–Crippen LogP) is 3.96. The minimum atomic E-state index is -4.75. The van der Waals surface area contributed by atoms with Gasteiger partial charge in [-0.25, -0.2) is 9.67 Å². The normalized spacial score (nSPS) is 15.0. The number of nitrogens with zero attached hydrogens (tertiary/aromatic N) is 5. The summed E-state index contributed by atoms with van der Waals surface area (Å²) in [5.74, 6) is -0.684. The minimum Gasteiger partial charge on any atom is -0.345 e. The third kappa shape index (κ3) is 3.95. The highest BCUT2D eigenvalue weighted by atomic mass is 35.5. The lowest BCUT2D eigenvalue weighted by molar-refractivity contribution is -0.143.